The first-order valence-corrected chi connectivity index (χ1v) is 5.39. The summed E-state index contributed by atoms with van der Waals surface area (Å²) in [6.07, 6.45) is 0. The lowest BCUT2D eigenvalue weighted by atomic mass is 10.3. The first kappa shape index (κ1) is 10.2. The van der Waals surface area contributed by atoms with Gasteiger partial charge in [-0.05, 0) is 18.2 Å². The molecule has 15 heavy (non-hydrogen) atoms. The number of amidine groups is 1. The maximum atomic E-state index is 13.0. The Hall–Kier alpha value is -1.36. The van der Waals surface area contributed by atoms with Crippen LogP contribution in [0, 0.1) is 5.82 Å². The third kappa shape index (κ3) is 2.18. The number of carbonyl (C=O) groups is 1. The zero-order chi connectivity index (χ0) is 10.8. The van der Waals surface area contributed by atoms with Crippen molar-refractivity contribution in [3.8, 4) is 0 Å². The minimum absolute atomic E-state index is 0.141. The number of halogens is 1. The summed E-state index contributed by atoms with van der Waals surface area (Å²) in [4.78, 5) is 16.5. The van der Waals surface area contributed by atoms with E-state index < -0.39 is 0 Å². The second-order valence-corrected chi connectivity index (χ2v) is 4.06. The summed E-state index contributed by atoms with van der Waals surface area (Å²) in [6, 6.07) is 6.19. The molecule has 1 heterocycles. The zero-order valence-electron chi connectivity index (χ0n) is 8.11. The van der Waals surface area contributed by atoms with Crippen LogP contribution in [0.3, 0.4) is 0 Å². The smallest absolute Gasteiger partial charge is 0.258 e. The van der Waals surface area contributed by atoms with Gasteiger partial charge >= 0.3 is 0 Å². The highest BCUT2D eigenvalue weighted by atomic mass is 32.2. The molecule has 0 aliphatic carbocycles. The van der Waals surface area contributed by atoms with Crippen molar-refractivity contribution >= 4 is 28.5 Å². The Balaban J connectivity index is 2.24. The molecule has 1 aliphatic heterocycles. The van der Waals surface area contributed by atoms with E-state index in [1.54, 1.807) is 24.1 Å². The normalized spacial score (nSPS) is 15.3. The Morgan fingerprint density at radius 2 is 2.33 bits per heavy atom. The van der Waals surface area contributed by atoms with Crippen LogP contribution in [0.2, 0.25) is 0 Å². The van der Waals surface area contributed by atoms with E-state index in [4.69, 9.17) is 0 Å². The molecule has 0 fully saturated rings. The van der Waals surface area contributed by atoms with E-state index in [-0.39, 0.29) is 11.7 Å². The molecule has 78 valence electrons. The van der Waals surface area contributed by atoms with Crippen LogP contribution < -0.4 is 4.90 Å². The minimum Gasteiger partial charge on any atom is -0.324 e. The Bertz CT molecular complexity index is 433. The summed E-state index contributed by atoms with van der Waals surface area (Å²) in [5.74, 6) is -0.0674. The van der Waals surface area contributed by atoms with E-state index in [1.165, 1.54) is 23.9 Å². The number of aliphatic imine (C=N–C) groups is 1. The molecular formula is C10H9FN2OS. The van der Waals surface area contributed by atoms with Gasteiger partial charge in [-0.25, -0.2) is 4.39 Å². The van der Waals surface area contributed by atoms with Gasteiger partial charge in [0.05, 0.1) is 5.75 Å². The summed E-state index contributed by atoms with van der Waals surface area (Å²) >= 11 is 1.36. The maximum Gasteiger partial charge on any atom is 0.258 e. The van der Waals surface area contributed by atoms with Gasteiger partial charge in [-0.2, -0.15) is 4.99 Å². The molecule has 0 spiro atoms. The Labute approximate surface area is 91.0 Å². The second kappa shape index (κ2) is 4.02. The molecule has 5 heteroatoms. The van der Waals surface area contributed by atoms with Crippen LogP contribution in [-0.2, 0) is 4.79 Å². The van der Waals surface area contributed by atoms with Crippen molar-refractivity contribution in [2.75, 3.05) is 17.7 Å². The van der Waals surface area contributed by atoms with Crippen molar-refractivity contribution in [3.05, 3.63) is 30.1 Å². The highest BCUT2D eigenvalue weighted by molar-refractivity contribution is 8.15. The van der Waals surface area contributed by atoms with Crippen molar-refractivity contribution in [1.82, 2.24) is 0 Å². The topological polar surface area (TPSA) is 32.7 Å². The number of thioether (sulfide) groups is 1. The molecule has 0 saturated carbocycles. The fraction of sp³-hybridized carbons (Fsp3) is 0.200. The van der Waals surface area contributed by atoms with E-state index >= 15 is 0 Å². The van der Waals surface area contributed by atoms with Gasteiger partial charge in [-0.15, -0.1) is 0 Å². The average Bonchev–Trinajstić information content (AvgIpc) is 2.64. The standard InChI is InChI=1S/C10H9FN2OS/c1-13(10-12-9(14)6-15-10)8-4-2-3-7(11)5-8/h2-5H,6H2,1H3. The third-order valence-electron chi connectivity index (χ3n) is 2.03. The highest BCUT2D eigenvalue weighted by Gasteiger charge is 2.19. The molecule has 0 atom stereocenters. The van der Waals surface area contributed by atoms with E-state index in [2.05, 4.69) is 4.99 Å². The van der Waals surface area contributed by atoms with Crippen LogP contribution in [-0.4, -0.2) is 23.9 Å². The monoisotopic (exact) mass is 224 g/mol. The lowest BCUT2D eigenvalue weighted by Gasteiger charge is -2.17. The molecule has 0 unspecified atom stereocenters. The number of carbonyl (C=O) groups excluding carboxylic acids is 1. The zero-order valence-corrected chi connectivity index (χ0v) is 8.92. The molecule has 3 nitrogen and oxygen atoms in total. The second-order valence-electron chi connectivity index (χ2n) is 3.12. The van der Waals surface area contributed by atoms with Gasteiger partial charge in [0.1, 0.15) is 5.82 Å². The largest absolute Gasteiger partial charge is 0.324 e. The van der Waals surface area contributed by atoms with Crippen LogP contribution >= 0.6 is 11.8 Å². The van der Waals surface area contributed by atoms with Crippen molar-refractivity contribution in [2.45, 2.75) is 0 Å². The van der Waals surface area contributed by atoms with Crippen LogP contribution in [0.5, 0.6) is 0 Å². The number of amides is 1. The average molecular weight is 224 g/mol. The summed E-state index contributed by atoms with van der Waals surface area (Å²) in [6.45, 7) is 0. The fourth-order valence-electron chi connectivity index (χ4n) is 1.26. The molecule has 0 aromatic heterocycles. The molecule has 0 saturated heterocycles. The summed E-state index contributed by atoms with van der Waals surface area (Å²) < 4.78 is 13.0. The molecule has 1 amide bonds. The lowest BCUT2D eigenvalue weighted by molar-refractivity contribution is -0.115. The predicted octanol–water partition coefficient (Wildman–Crippen LogP) is 1.89. The van der Waals surface area contributed by atoms with Crippen LogP contribution in [0.4, 0.5) is 10.1 Å². The van der Waals surface area contributed by atoms with Gasteiger partial charge in [0, 0.05) is 12.7 Å². The van der Waals surface area contributed by atoms with Crippen molar-refractivity contribution in [3.63, 3.8) is 0 Å². The number of rotatable bonds is 1. The van der Waals surface area contributed by atoms with Gasteiger partial charge in [0.2, 0.25) is 0 Å². The van der Waals surface area contributed by atoms with E-state index in [0.29, 0.717) is 16.6 Å². The first-order valence-electron chi connectivity index (χ1n) is 4.40. The van der Waals surface area contributed by atoms with Gasteiger partial charge in [0.25, 0.3) is 5.91 Å². The fourth-order valence-corrected chi connectivity index (χ4v) is 2.05. The summed E-state index contributed by atoms with van der Waals surface area (Å²) in [5, 5.41) is 0.616. The van der Waals surface area contributed by atoms with Gasteiger partial charge in [-0.1, -0.05) is 17.8 Å². The molecule has 1 aromatic carbocycles. The Morgan fingerprint density at radius 1 is 1.53 bits per heavy atom. The van der Waals surface area contributed by atoms with Gasteiger partial charge < -0.3 is 4.90 Å². The Kier molecular flexibility index (Phi) is 2.73. The third-order valence-corrected chi connectivity index (χ3v) is 3.04. The summed E-state index contributed by atoms with van der Waals surface area (Å²) in [5.41, 5.74) is 0.691. The number of benzene rings is 1. The van der Waals surface area contributed by atoms with Crippen molar-refractivity contribution in [2.24, 2.45) is 4.99 Å². The van der Waals surface area contributed by atoms with E-state index in [1.807, 2.05) is 0 Å². The lowest BCUT2D eigenvalue weighted by Crippen LogP contribution is -2.22. The first-order chi connectivity index (χ1) is 7.16. The summed E-state index contributed by atoms with van der Waals surface area (Å²) in [7, 11) is 1.76. The number of hydrogen-bond acceptors (Lipinski definition) is 3. The highest BCUT2D eigenvalue weighted by Crippen LogP contribution is 2.22. The number of hydrogen-bond donors (Lipinski definition) is 0. The van der Waals surface area contributed by atoms with Gasteiger partial charge in [-0.3, -0.25) is 4.79 Å². The van der Waals surface area contributed by atoms with Crippen molar-refractivity contribution in [1.29, 1.82) is 0 Å². The van der Waals surface area contributed by atoms with Crippen LogP contribution in [0.1, 0.15) is 0 Å². The molecule has 0 bridgehead atoms. The molecular weight excluding hydrogens is 215 g/mol. The van der Waals surface area contributed by atoms with Crippen molar-refractivity contribution < 1.29 is 9.18 Å². The molecule has 1 aromatic rings. The SMILES string of the molecule is CN(C1=NC(=O)CS1)c1cccc(F)c1. The van der Waals surface area contributed by atoms with Crippen LogP contribution in [0.25, 0.3) is 0 Å². The molecule has 0 N–H and O–H groups in total. The van der Waals surface area contributed by atoms with E-state index in [9.17, 15) is 9.18 Å². The molecule has 1 aliphatic rings. The van der Waals surface area contributed by atoms with Crippen LogP contribution in [0.15, 0.2) is 29.3 Å². The number of nitrogens with zero attached hydrogens (tertiary/aromatic N) is 2. The Morgan fingerprint density at radius 3 is 2.93 bits per heavy atom. The number of anilines is 1. The predicted molar refractivity (Wildman–Crippen MR) is 59.7 cm³/mol. The van der Waals surface area contributed by atoms with Gasteiger partial charge in [0.15, 0.2) is 5.17 Å². The van der Waals surface area contributed by atoms with E-state index in [0.717, 1.165) is 0 Å². The molecule has 0 radical (unpaired) electrons. The quantitative estimate of drug-likeness (QED) is 0.730. The maximum absolute atomic E-state index is 13.0. The molecule has 2 rings (SSSR count). The minimum atomic E-state index is -0.297.